The first kappa shape index (κ1) is 21.5. The Kier molecular flexibility index (Phi) is 7.09. The number of unbranched alkanes of at least 4 members (excludes halogenated alkanes) is 1. The summed E-state index contributed by atoms with van der Waals surface area (Å²) in [5, 5.41) is 0. The summed E-state index contributed by atoms with van der Waals surface area (Å²) in [7, 11) is 4.83. The molecule has 29 heavy (non-hydrogen) atoms. The van der Waals surface area contributed by atoms with Crippen molar-refractivity contribution in [3.8, 4) is 28.4 Å². The minimum absolute atomic E-state index is 0.0192. The summed E-state index contributed by atoms with van der Waals surface area (Å²) in [6.07, 6.45) is 3.68. The quantitative estimate of drug-likeness (QED) is 0.527. The molecule has 0 bridgehead atoms. The number of methoxy groups -OCH3 is 3. The van der Waals surface area contributed by atoms with Crippen LogP contribution in [0.25, 0.3) is 11.1 Å². The number of thioether (sulfide) groups is 1. The van der Waals surface area contributed by atoms with Gasteiger partial charge < -0.3 is 19.9 Å². The summed E-state index contributed by atoms with van der Waals surface area (Å²) in [4.78, 5) is 13.6. The lowest BCUT2D eigenvalue weighted by atomic mass is 9.95. The lowest BCUT2D eigenvalue weighted by Gasteiger charge is -2.19. The van der Waals surface area contributed by atoms with Crippen LogP contribution >= 0.6 is 11.8 Å². The van der Waals surface area contributed by atoms with Crippen LogP contribution in [0.3, 0.4) is 0 Å². The predicted octanol–water partition coefficient (Wildman–Crippen LogP) is 4.58. The van der Waals surface area contributed by atoms with E-state index in [0.29, 0.717) is 17.2 Å². The molecule has 2 aromatic rings. The van der Waals surface area contributed by atoms with Gasteiger partial charge >= 0.3 is 0 Å². The van der Waals surface area contributed by atoms with Gasteiger partial charge in [-0.2, -0.15) is 0 Å². The zero-order valence-electron chi connectivity index (χ0n) is 17.5. The Bertz CT molecular complexity index is 945. The van der Waals surface area contributed by atoms with Crippen LogP contribution in [0.4, 0.5) is 0 Å². The van der Waals surface area contributed by atoms with Crippen molar-refractivity contribution in [2.24, 2.45) is 5.73 Å². The van der Waals surface area contributed by atoms with E-state index < -0.39 is 0 Å². The minimum atomic E-state index is -0.229. The highest BCUT2D eigenvalue weighted by Crippen LogP contribution is 2.49. The molecule has 0 aliphatic heterocycles. The molecule has 0 saturated heterocycles. The van der Waals surface area contributed by atoms with Crippen LogP contribution in [0.15, 0.2) is 34.0 Å². The van der Waals surface area contributed by atoms with Crippen LogP contribution in [0, 0.1) is 0 Å². The monoisotopic (exact) mass is 415 g/mol. The molecule has 3 rings (SSSR count). The standard InChI is InChI=1S/C23H29NO4S/c1-5-6-11-29-20-10-8-15-16(13-18(20)25)17(24)9-7-14-12-19(26-2)22(27-3)23(28-4)21(14)15/h8,10,12-13,17H,5-7,9,11,24H2,1-4H3/t17-/m0/s1. The molecule has 0 fully saturated rings. The summed E-state index contributed by atoms with van der Waals surface area (Å²) in [5.74, 6) is 2.70. The number of benzene rings is 1. The molecule has 1 atom stereocenters. The zero-order chi connectivity index (χ0) is 21.0. The highest BCUT2D eigenvalue weighted by atomic mass is 32.2. The van der Waals surface area contributed by atoms with Gasteiger partial charge in [0, 0.05) is 11.6 Å². The molecule has 156 valence electrons. The van der Waals surface area contributed by atoms with Gasteiger partial charge in [0.1, 0.15) is 0 Å². The first-order valence-electron chi connectivity index (χ1n) is 9.94. The van der Waals surface area contributed by atoms with Crippen LogP contribution in [-0.2, 0) is 6.42 Å². The van der Waals surface area contributed by atoms with E-state index in [-0.39, 0.29) is 11.5 Å². The van der Waals surface area contributed by atoms with Crippen LogP contribution in [0.2, 0.25) is 0 Å². The van der Waals surface area contributed by atoms with Crippen molar-refractivity contribution in [2.45, 2.75) is 43.5 Å². The van der Waals surface area contributed by atoms with Gasteiger partial charge in [0.2, 0.25) is 5.75 Å². The first-order chi connectivity index (χ1) is 14.0. The zero-order valence-corrected chi connectivity index (χ0v) is 18.4. The number of aryl methyl sites for hydroxylation is 1. The normalized spacial score (nSPS) is 15.1. The topological polar surface area (TPSA) is 70.8 Å². The Labute approximate surface area is 176 Å². The third kappa shape index (κ3) is 4.23. The Hall–Kier alpha value is -2.18. The fourth-order valence-corrected chi connectivity index (χ4v) is 4.79. The molecule has 0 amide bonds. The molecule has 1 aliphatic carbocycles. The Morgan fingerprint density at radius 1 is 1.10 bits per heavy atom. The molecular weight excluding hydrogens is 386 g/mol. The van der Waals surface area contributed by atoms with Crippen molar-refractivity contribution in [1.29, 1.82) is 0 Å². The Balaban J connectivity index is 2.27. The molecule has 6 heteroatoms. The third-order valence-corrected chi connectivity index (χ3v) is 6.44. The molecule has 0 saturated carbocycles. The first-order valence-corrected chi connectivity index (χ1v) is 10.9. The molecule has 0 radical (unpaired) electrons. The number of hydrogen-bond acceptors (Lipinski definition) is 6. The van der Waals surface area contributed by atoms with E-state index in [1.165, 1.54) is 0 Å². The second kappa shape index (κ2) is 9.55. The highest BCUT2D eigenvalue weighted by molar-refractivity contribution is 7.99. The van der Waals surface area contributed by atoms with Gasteiger partial charge in [0.15, 0.2) is 16.9 Å². The van der Waals surface area contributed by atoms with E-state index in [1.807, 2.05) is 18.2 Å². The van der Waals surface area contributed by atoms with E-state index in [9.17, 15) is 4.79 Å². The molecule has 2 aromatic carbocycles. The van der Waals surface area contributed by atoms with Crippen LogP contribution in [-0.4, -0.2) is 27.1 Å². The van der Waals surface area contributed by atoms with Crippen LogP contribution in [0.1, 0.15) is 43.4 Å². The molecule has 0 unspecified atom stereocenters. The largest absolute Gasteiger partial charge is 0.493 e. The predicted molar refractivity (Wildman–Crippen MR) is 119 cm³/mol. The van der Waals surface area contributed by atoms with Gasteiger partial charge in [-0.1, -0.05) is 19.4 Å². The van der Waals surface area contributed by atoms with E-state index in [2.05, 4.69) is 6.92 Å². The molecule has 2 N–H and O–H groups in total. The van der Waals surface area contributed by atoms with Gasteiger partial charge in [-0.15, -0.1) is 11.8 Å². The average Bonchev–Trinajstić information content (AvgIpc) is 2.97. The molecule has 0 aromatic heterocycles. The van der Waals surface area contributed by atoms with Crippen molar-refractivity contribution in [3.63, 3.8) is 0 Å². The number of hydrogen-bond donors (Lipinski definition) is 1. The Morgan fingerprint density at radius 2 is 1.86 bits per heavy atom. The smallest absolute Gasteiger partial charge is 0.203 e. The van der Waals surface area contributed by atoms with E-state index in [0.717, 1.165) is 58.6 Å². The lowest BCUT2D eigenvalue weighted by molar-refractivity contribution is 0.324. The van der Waals surface area contributed by atoms with Gasteiger partial charge in [0.05, 0.1) is 26.2 Å². The van der Waals surface area contributed by atoms with Crippen LogP contribution < -0.4 is 25.4 Å². The minimum Gasteiger partial charge on any atom is -0.493 e. The number of nitrogens with two attached hydrogens (primary N) is 1. The molecular formula is C23H29NO4S. The maximum absolute atomic E-state index is 12.9. The van der Waals surface area contributed by atoms with E-state index in [4.69, 9.17) is 19.9 Å². The number of rotatable bonds is 7. The average molecular weight is 416 g/mol. The van der Waals surface area contributed by atoms with Crippen molar-refractivity contribution in [1.82, 2.24) is 0 Å². The summed E-state index contributed by atoms with van der Waals surface area (Å²) in [6, 6.07) is 7.39. The van der Waals surface area contributed by atoms with Crippen molar-refractivity contribution < 1.29 is 14.2 Å². The fourth-order valence-electron chi connectivity index (χ4n) is 3.77. The van der Waals surface area contributed by atoms with Crippen LogP contribution in [0.5, 0.6) is 17.2 Å². The summed E-state index contributed by atoms with van der Waals surface area (Å²) in [5.41, 5.74) is 10.3. The molecule has 5 nitrogen and oxygen atoms in total. The van der Waals surface area contributed by atoms with Gasteiger partial charge in [-0.05, 0) is 59.9 Å². The molecule has 0 spiro atoms. The highest BCUT2D eigenvalue weighted by Gasteiger charge is 2.27. The second-order valence-corrected chi connectivity index (χ2v) is 8.24. The summed E-state index contributed by atoms with van der Waals surface area (Å²) < 4.78 is 16.9. The summed E-state index contributed by atoms with van der Waals surface area (Å²) >= 11 is 1.61. The number of ether oxygens (including phenoxy) is 3. The van der Waals surface area contributed by atoms with Crippen molar-refractivity contribution in [2.75, 3.05) is 27.1 Å². The van der Waals surface area contributed by atoms with Gasteiger partial charge in [0.25, 0.3) is 0 Å². The second-order valence-electron chi connectivity index (χ2n) is 7.10. The maximum Gasteiger partial charge on any atom is 0.203 e. The number of fused-ring (bicyclic) bond motifs is 3. The van der Waals surface area contributed by atoms with Crippen molar-refractivity contribution >= 4 is 11.8 Å². The van der Waals surface area contributed by atoms with Gasteiger partial charge in [-0.25, -0.2) is 0 Å². The van der Waals surface area contributed by atoms with Crippen molar-refractivity contribution in [3.05, 3.63) is 45.6 Å². The summed E-state index contributed by atoms with van der Waals surface area (Å²) in [6.45, 7) is 2.15. The maximum atomic E-state index is 12.9. The third-order valence-electron chi connectivity index (χ3n) is 5.30. The fraction of sp³-hybridized carbons (Fsp3) is 0.435. The lowest BCUT2D eigenvalue weighted by Crippen LogP contribution is -2.12. The SMILES string of the molecule is CCCCSc1ccc2c(cc1=O)[C@@H](N)CCc1cc(OC)c(OC)c(OC)c1-2. The molecule has 0 heterocycles. The molecule has 1 aliphatic rings. The van der Waals surface area contributed by atoms with E-state index >= 15 is 0 Å². The van der Waals surface area contributed by atoms with E-state index in [1.54, 1.807) is 39.2 Å². The van der Waals surface area contributed by atoms with Gasteiger partial charge in [-0.3, -0.25) is 4.79 Å². The Morgan fingerprint density at radius 3 is 2.52 bits per heavy atom.